The minimum absolute atomic E-state index is 0.0258. The monoisotopic (exact) mass is 473 g/mol. The molecule has 9 nitrogen and oxygen atoms in total. The smallest absolute Gasteiger partial charge is 0.475 e. The zero-order valence-corrected chi connectivity index (χ0v) is 20.5. The van der Waals surface area contributed by atoms with E-state index >= 15 is 0 Å². The third-order valence-electron chi connectivity index (χ3n) is 5.87. The molecular formula is C24H36BN3O6. The van der Waals surface area contributed by atoms with Gasteiger partial charge in [0.2, 0.25) is 5.91 Å². The summed E-state index contributed by atoms with van der Waals surface area (Å²) in [7, 11) is -0.227. The van der Waals surface area contributed by atoms with Crippen molar-refractivity contribution >= 4 is 19.1 Å². The van der Waals surface area contributed by atoms with Crippen LogP contribution in [0.15, 0.2) is 24.3 Å². The van der Waals surface area contributed by atoms with E-state index in [1.807, 2.05) is 20.8 Å². The number of hydrogen-bond acceptors (Lipinski definition) is 7. The predicted molar refractivity (Wildman–Crippen MR) is 128 cm³/mol. The Kier molecular flexibility index (Phi) is 10.2. The number of carbonyl (C=O) groups excluding carboxylic acids is 2. The molecule has 3 N–H and O–H groups in total. The molecule has 3 atom stereocenters. The van der Waals surface area contributed by atoms with Gasteiger partial charge in [0.1, 0.15) is 18.3 Å². The van der Waals surface area contributed by atoms with Gasteiger partial charge in [-0.15, -0.1) is 0 Å². The molecule has 2 amide bonds. The molecule has 1 fully saturated rings. The molecule has 0 bridgehead atoms. The summed E-state index contributed by atoms with van der Waals surface area (Å²) < 4.78 is 10.5. The number of benzene rings is 1. The Balaban J connectivity index is 1.95. The van der Waals surface area contributed by atoms with Gasteiger partial charge in [-0.05, 0) is 55.2 Å². The zero-order valence-electron chi connectivity index (χ0n) is 20.5. The molecule has 1 unspecified atom stereocenters. The summed E-state index contributed by atoms with van der Waals surface area (Å²) in [5.41, 5.74) is 0.617. The van der Waals surface area contributed by atoms with Gasteiger partial charge in [-0.1, -0.05) is 32.9 Å². The van der Waals surface area contributed by atoms with E-state index in [-0.39, 0.29) is 30.4 Å². The van der Waals surface area contributed by atoms with E-state index in [2.05, 4.69) is 11.4 Å². The van der Waals surface area contributed by atoms with Crippen LogP contribution in [0.5, 0.6) is 5.75 Å². The van der Waals surface area contributed by atoms with Crippen molar-refractivity contribution in [3.05, 3.63) is 29.8 Å². The van der Waals surface area contributed by atoms with E-state index in [1.165, 1.54) is 0 Å². The number of nitrogens with one attached hydrogen (secondary N) is 1. The fraction of sp³-hybridized carbons (Fsp3) is 0.625. The molecule has 34 heavy (non-hydrogen) atoms. The maximum atomic E-state index is 13.1. The van der Waals surface area contributed by atoms with E-state index in [4.69, 9.17) is 9.47 Å². The molecule has 1 heterocycles. The third kappa shape index (κ3) is 8.54. The summed E-state index contributed by atoms with van der Waals surface area (Å²) in [5, 5.41) is 31.5. The highest BCUT2D eigenvalue weighted by atomic mass is 16.5. The number of carbonyl (C=O) groups is 2. The molecule has 1 aliphatic rings. The lowest BCUT2D eigenvalue weighted by Gasteiger charge is -2.37. The number of ether oxygens (including phenoxy) is 2. The van der Waals surface area contributed by atoms with Crippen LogP contribution in [-0.2, 0) is 16.0 Å². The second kappa shape index (κ2) is 12.6. The van der Waals surface area contributed by atoms with Crippen LogP contribution < -0.4 is 10.1 Å². The number of piperidine rings is 1. The first kappa shape index (κ1) is 27.5. The van der Waals surface area contributed by atoms with Crippen LogP contribution in [0.4, 0.5) is 4.79 Å². The van der Waals surface area contributed by atoms with Crippen LogP contribution in [0.3, 0.4) is 0 Å². The lowest BCUT2D eigenvalue weighted by Crippen LogP contribution is -2.51. The highest BCUT2D eigenvalue weighted by Crippen LogP contribution is 2.28. The van der Waals surface area contributed by atoms with Gasteiger partial charge in [-0.3, -0.25) is 4.79 Å². The number of amides is 2. The lowest BCUT2D eigenvalue weighted by atomic mass is 9.76. The summed E-state index contributed by atoms with van der Waals surface area (Å²) in [6.07, 6.45) is 2.24. The summed E-state index contributed by atoms with van der Waals surface area (Å²) in [6.45, 7) is 6.46. The van der Waals surface area contributed by atoms with Crippen LogP contribution in [0, 0.1) is 22.7 Å². The fourth-order valence-corrected chi connectivity index (χ4v) is 4.08. The number of methoxy groups -OCH3 is 1. The van der Waals surface area contributed by atoms with Crippen molar-refractivity contribution in [1.29, 1.82) is 5.26 Å². The van der Waals surface area contributed by atoms with E-state index in [9.17, 15) is 24.9 Å². The molecule has 2 rings (SSSR count). The number of nitrogens with zero attached hydrogens (tertiary/aromatic N) is 2. The van der Waals surface area contributed by atoms with Crippen LogP contribution in [0.1, 0.15) is 52.0 Å². The van der Waals surface area contributed by atoms with Gasteiger partial charge in [0, 0.05) is 6.54 Å². The Morgan fingerprint density at radius 3 is 2.50 bits per heavy atom. The summed E-state index contributed by atoms with van der Waals surface area (Å²) >= 11 is 0. The first-order valence-corrected chi connectivity index (χ1v) is 11.7. The van der Waals surface area contributed by atoms with Crippen molar-refractivity contribution in [2.24, 2.45) is 11.3 Å². The average Bonchev–Trinajstić information content (AvgIpc) is 2.80. The first-order chi connectivity index (χ1) is 16.0. The van der Waals surface area contributed by atoms with Gasteiger partial charge in [-0.2, -0.15) is 5.26 Å². The maximum absolute atomic E-state index is 13.1. The molecule has 0 aliphatic carbocycles. The second-order valence-corrected chi connectivity index (χ2v) is 9.94. The number of rotatable bonds is 9. The Hall–Kier alpha value is -2.77. The van der Waals surface area contributed by atoms with Crippen molar-refractivity contribution in [1.82, 2.24) is 10.2 Å². The van der Waals surface area contributed by atoms with Gasteiger partial charge in [-0.25, -0.2) is 4.79 Å². The Morgan fingerprint density at radius 1 is 1.26 bits per heavy atom. The second-order valence-electron chi connectivity index (χ2n) is 9.94. The number of alkyl carbamates (subject to hydrolysis) is 1. The molecular weight excluding hydrogens is 437 g/mol. The average molecular weight is 473 g/mol. The molecule has 0 saturated carbocycles. The largest absolute Gasteiger partial charge is 0.497 e. The van der Waals surface area contributed by atoms with E-state index in [0.717, 1.165) is 18.4 Å². The molecule has 1 aromatic carbocycles. The van der Waals surface area contributed by atoms with Crippen LogP contribution in [0.25, 0.3) is 0 Å². The number of hydrogen-bond donors (Lipinski definition) is 3. The number of likely N-dealkylation sites (tertiary alicyclic amines) is 1. The molecule has 0 aromatic heterocycles. The van der Waals surface area contributed by atoms with Crippen molar-refractivity contribution in [2.75, 3.05) is 20.3 Å². The number of nitriles is 1. The SMILES string of the molecule is COc1ccc(C[C@H](NC(=O)OC[C@H]2CCCCN2C(=O)C(C#N)CC(C)(C)C)B(O)O)cc1. The van der Waals surface area contributed by atoms with Crippen molar-refractivity contribution in [2.45, 2.75) is 64.9 Å². The zero-order chi connectivity index (χ0) is 25.3. The molecule has 1 aromatic rings. The van der Waals surface area contributed by atoms with Crippen LogP contribution in [-0.4, -0.2) is 66.3 Å². The maximum Gasteiger partial charge on any atom is 0.475 e. The Labute approximate surface area is 202 Å². The summed E-state index contributed by atoms with van der Waals surface area (Å²) in [5.74, 6) is -1.27. The van der Waals surface area contributed by atoms with Crippen molar-refractivity contribution < 1.29 is 29.1 Å². The molecule has 0 radical (unpaired) electrons. The van der Waals surface area contributed by atoms with E-state index in [1.54, 1.807) is 36.3 Å². The highest BCUT2D eigenvalue weighted by Gasteiger charge is 2.34. The molecule has 186 valence electrons. The van der Waals surface area contributed by atoms with Gasteiger partial charge < -0.3 is 29.7 Å². The Morgan fingerprint density at radius 2 is 1.94 bits per heavy atom. The van der Waals surface area contributed by atoms with Gasteiger partial charge in [0.25, 0.3) is 0 Å². The topological polar surface area (TPSA) is 132 Å². The molecule has 10 heteroatoms. The summed E-state index contributed by atoms with van der Waals surface area (Å²) in [4.78, 5) is 27.1. The van der Waals surface area contributed by atoms with Gasteiger partial charge in [0.15, 0.2) is 0 Å². The van der Waals surface area contributed by atoms with E-state index in [0.29, 0.717) is 25.1 Å². The highest BCUT2D eigenvalue weighted by molar-refractivity contribution is 6.43. The van der Waals surface area contributed by atoms with Crippen molar-refractivity contribution in [3.63, 3.8) is 0 Å². The lowest BCUT2D eigenvalue weighted by molar-refractivity contribution is -0.139. The molecule has 1 saturated heterocycles. The van der Waals surface area contributed by atoms with Crippen LogP contribution >= 0.6 is 0 Å². The minimum atomic E-state index is -1.78. The molecule has 0 spiro atoms. The predicted octanol–water partition coefficient (Wildman–Crippen LogP) is 2.30. The molecule has 1 aliphatic heterocycles. The summed E-state index contributed by atoms with van der Waals surface area (Å²) in [6, 6.07) is 8.86. The van der Waals surface area contributed by atoms with E-state index < -0.39 is 25.1 Å². The Bertz CT molecular complexity index is 850. The third-order valence-corrected chi connectivity index (χ3v) is 5.87. The first-order valence-electron chi connectivity index (χ1n) is 11.7. The normalized spacial score (nSPS) is 17.8. The standard InChI is InChI=1S/C24H36BN3O6/c1-24(2,3)14-18(15-26)22(29)28-12-6-5-7-19(28)16-34-23(30)27-21(25(31)32)13-17-8-10-20(33-4)11-9-17/h8-11,18-19,21,31-32H,5-7,12-14,16H2,1-4H3,(H,27,30)/t18?,19-,21+/m1/s1. The fourth-order valence-electron chi connectivity index (χ4n) is 4.08. The van der Waals surface area contributed by atoms with Gasteiger partial charge in [0.05, 0.1) is 25.2 Å². The van der Waals surface area contributed by atoms with Gasteiger partial charge >= 0.3 is 13.2 Å². The van der Waals surface area contributed by atoms with Crippen LogP contribution in [0.2, 0.25) is 0 Å². The minimum Gasteiger partial charge on any atom is -0.497 e. The van der Waals surface area contributed by atoms with Crippen molar-refractivity contribution in [3.8, 4) is 11.8 Å². The quantitative estimate of drug-likeness (QED) is 0.469.